The number of aryl methyl sites for hydroxylation is 2. The molecular weight excluding hydrogens is 218 g/mol. The normalized spacial score (nSPS) is 18.1. The molecule has 0 radical (unpaired) electrons. The van der Waals surface area contributed by atoms with E-state index in [1.807, 2.05) is 13.0 Å². The Kier molecular flexibility index (Phi) is 3.77. The molecule has 2 N–H and O–H groups in total. The van der Waals surface area contributed by atoms with E-state index in [1.165, 1.54) is 24.0 Å². The van der Waals surface area contributed by atoms with E-state index in [9.17, 15) is 4.21 Å². The molecule has 0 fully saturated rings. The fourth-order valence-electron chi connectivity index (χ4n) is 2.27. The first-order chi connectivity index (χ1) is 7.76. The quantitative estimate of drug-likeness (QED) is 0.870. The Balaban J connectivity index is 2.24. The van der Waals surface area contributed by atoms with Crippen LogP contribution in [-0.4, -0.2) is 16.0 Å². The van der Waals surface area contributed by atoms with E-state index in [-0.39, 0.29) is 5.25 Å². The van der Waals surface area contributed by atoms with Crippen molar-refractivity contribution < 1.29 is 4.21 Å². The summed E-state index contributed by atoms with van der Waals surface area (Å²) < 4.78 is 12.2. The SMILES string of the molecule is CCC(CN)S(=O)c1ccc2c(c1)CCC2. The van der Waals surface area contributed by atoms with Crippen molar-refractivity contribution in [1.82, 2.24) is 0 Å². The molecule has 0 aromatic heterocycles. The average molecular weight is 237 g/mol. The third-order valence-electron chi connectivity index (χ3n) is 3.32. The molecule has 2 rings (SSSR count). The molecular formula is C13H19NOS. The molecule has 0 spiro atoms. The number of hydrogen-bond acceptors (Lipinski definition) is 2. The van der Waals surface area contributed by atoms with Crippen LogP contribution in [0.25, 0.3) is 0 Å². The zero-order chi connectivity index (χ0) is 11.5. The van der Waals surface area contributed by atoms with Crippen LogP contribution < -0.4 is 5.73 Å². The summed E-state index contributed by atoms with van der Waals surface area (Å²) in [5, 5.41) is 0.0967. The van der Waals surface area contributed by atoms with Crippen LogP contribution in [0.15, 0.2) is 23.1 Å². The van der Waals surface area contributed by atoms with Gasteiger partial charge in [0.15, 0.2) is 0 Å². The van der Waals surface area contributed by atoms with Gasteiger partial charge < -0.3 is 5.73 Å². The van der Waals surface area contributed by atoms with Gasteiger partial charge in [-0.1, -0.05) is 13.0 Å². The second-order valence-electron chi connectivity index (χ2n) is 4.35. The number of rotatable bonds is 4. The van der Waals surface area contributed by atoms with Gasteiger partial charge in [0, 0.05) is 11.4 Å². The molecule has 0 saturated carbocycles. The highest BCUT2D eigenvalue weighted by Crippen LogP contribution is 2.25. The van der Waals surface area contributed by atoms with Crippen molar-refractivity contribution in [1.29, 1.82) is 0 Å². The Morgan fingerprint density at radius 1 is 1.38 bits per heavy atom. The average Bonchev–Trinajstić information content (AvgIpc) is 2.77. The number of nitrogens with two attached hydrogens (primary N) is 1. The predicted octanol–water partition coefficient (Wildman–Crippen LogP) is 2.02. The van der Waals surface area contributed by atoms with Crippen molar-refractivity contribution >= 4 is 10.8 Å². The van der Waals surface area contributed by atoms with Gasteiger partial charge >= 0.3 is 0 Å². The van der Waals surface area contributed by atoms with Crippen LogP contribution >= 0.6 is 0 Å². The van der Waals surface area contributed by atoms with Gasteiger partial charge in [-0.3, -0.25) is 4.21 Å². The first-order valence-electron chi connectivity index (χ1n) is 5.98. The topological polar surface area (TPSA) is 43.1 Å². The molecule has 2 atom stereocenters. The maximum Gasteiger partial charge on any atom is 0.0573 e. The molecule has 2 nitrogen and oxygen atoms in total. The van der Waals surface area contributed by atoms with Crippen molar-refractivity contribution in [2.24, 2.45) is 5.73 Å². The molecule has 0 saturated heterocycles. The lowest BCUT2D eigenvalue weighted by atomic mass is 10.1. The standard InChI is InChI=1S/C13H19NOS/c1-2-12(9-14)16(15)13-7-6-10-4-3-5-11(10)8-13/h6-8,12H,2-5,9,14H2,1H3. The Morgan fingerprint density at radius 3 is 2.81 bits per heavy atom. The molecule has 0 aliphatic heterocycles. The first kappa shape index (κ1) is 11.8. The monoisotopic (exact) mass is 237 g/mol. The first-order valence-corrected chi connectivity index (χ1v) is 7.20. The maximum absolute atomic E-state index is 12.2. The minimum atomic E-state index is -0.939. The highest BCUT2D eigenvalue weighted by Gasteiger charge is 2.17. The summed E-state index contributed by atoms with van der Waals surface area (Å²) in [5.41, 5.74) is 8.46. The Bertz CT molecular complexity index is 399. The van der Waals surface area contributed by atoms with Crippen LogP contribution in [0.1, 0.15) is 30.9 Å². The minimum Gasteiger partial charge on any atom is -0.329 e. The minimum absolute atomic E-state index is 0.0967. The second-order valence-corrected chi connectivity index (χ2v) is 6.08. The lowest BCUT2D eigenvalue weighted by Gasteiger charge is -2.12. The molecule has 3 heteroatoms. The third kappa shape index (κ3) is 2.20. The Morgan fingerprint density at radius 2 is 2.12 bits per heavy atom. The molecule has 1 aliphatic rings. The van der Waals surface area contributed by atoms with E-state index in [4.69, 9.17) is 5.73 Å². The summed E-state index contributed by atoms with van der Waals surface area (Å²) in [5.74, 6) is 0. The van der Waals surface area contributed by atoms with Crippen LogP contribution in [0.3, 0.4) is 0 Å². The van der Waals surface area contributed by atoms with Gasteiger partial charge in [-0.2, -0.15) is 0 Å². The molecule has 0 heterocycles. The summed E-state index contributed by atoms with van der Waals surface area (Å²) in [4.78, 5) is 0.956. The van der Waals surface area contributed by atoms with E-state index in [0.29, 0.717) is 6.54 Å². The van der Waals surface area contributed by atoms with Crippen molar-refractivity contribution in [2.75, 3.05) is 6.54 Å². The van der Waals surface area contributed by atoms with Crippen LogP contribution in [0, 0.1) is 0 Å². The van der Waals surface area contributed by atoms with Gasteiger partial charge in [0.05, 0.1) is 16.0 Å². The fraction of sp³-hybridized carbons (Fsp3) is 0.538. The molecule has 1 aromatic rings. The lowest BCUT2D eigenvalue weighted by molar-refractivity contribution is 0.664. The van der Waals surface area contributed by atoms with Crippen LogP contribution in [-0.2, 0) is 23.6 Å². The number of hydrogen-bond donors (Lipinski definition) is 1. The summed E-state index contributed by atoms with van der Waals surface area (Å²) in [6.45, 7) is 2.54. The van der Waals surface area contributed by atoms with E-state index < -0.39 is 10.8 Å². The van der Waals surface area contributed by atoms with Gasteiger partial charge in [-0.15, -0.1) is 0 Å². The predicted molar refractivity (Wildman–Crippen MR) is 68.0 cm³/mol. The van der Waals surface area contributed by atoms with Crippen molar-refractivity contribution in [3.8, 4) is 0 Å². The van der Waals surface area contributed by atoms with Crippen molar-refractivity contribution in [2.45, 2.75) is 42.8 Å². The van der Waals surface area contributed by atoms with E-state index in [0.717, 1.165) is 17.7 Å². The lowest BCUT2D eigenvalue weighted by Crippen LogP contribution is -2.24. The van der Waals surface area contributed by atoms with Crippen molar-refractivity contribution in [3.05, 3.63) is 29.3 Å². The van der Waals surface area contributed by atoms with Crippen LogP contribution in [0.2, 0.25) is 0 Å². The Labute approximate surface area is 99.7 Å². The molecule has 1 aliphatic carbocycles. The van der Waals surface area contributed by atoms with Gasteiger partial charge in [0.1, 0.15) is 0 Å². The smallest absolute Gasteiger partial charge is 0.0573 e. The largest absolute Gasteiger partial charge is 0.329 e. The van der Waals surface area contributed by atoms with Gasteiger partial charge in [-0.25, -0.2) is 0 Å². The second kappa shape index (κ2) is 5.11. The molecule has 88 valence electrons. The van der Waals surface area contributed by atoms with E-state index in [2.05, 4.69) is 12.1 Å². The third-order valence-corrected chi connectivity index (χ3v) is 5.17. The Hall–Kier alpha value is -0.670. The van der Waals surface area contributed by atoms with Gasteiger partial charge in [-0.05, 0) is 48.9 Å². The summed E-state index contributed by atoms with van der Waals surface area (Å²) >= 11 is 0. The summed E-state index contributed by atoms with van der Waals surface area (Å²) in [6.07, 6.45) is 4.43. The maximum atomic E-state index is 12.2. The van der Waals surface area contributed by atoms with Gasteiger partial charge in [0.25, 0.3) is 0 Å². The highest BCUT2D eigenvalue weighted by atomic mass is 32.2. The van der Waals surface area contributed by atoms with E-state index in [1.54, 1.807) is 0 Å². The number of benzene rings is 1. The van der Waals surface area contributed by atoms with Crippen LogP contribution in [0.4, 0.5) is 0 Å². The highest BCUT2D eigenvalue weighted by molar-refractivity contribution is 7.85. The molecule has 1 aromatic carbocycles. The molecule has 0 bridgehead atoms. The summed E-state index contributed by atoms with van der Waals surface area (Å²) in [6, 6.07) is 6.27. The van der Waals surface area contributed by atoms with E-state index >= 15 is 0 Å². The van der Waals surface area contributed by atoms with Crippen LogP contribution in [0.5, 0.6) is 0 Å². The molecule has 0 amide bonds. The molecule has 2 unspecified atom stereocenters. The zero-order valence-electron chi connectivity index (χ0n) is 9.74. The zero-order valence-corrected chi connectivity index (χ0v) is 10.6. The number of fused-ring (bicyclic) bond motifs is 1. The molecule has 16 heavy (non-hydrogen) atoms. The van der Waals surface area contributed by atoms with Crippen molar-refractivity contribution in [3.63, 3.8) is 0 Å². The summed E-state index contributed by atoms with van der Waals surface area (Å²) in [7, 11) is -0.939. The fourth-order valence-corrected chi connectivity index (χ4v) is 3.59. The van der Waals surface area contributed by atoms with Gasteiger partial charge in [0.2, 0.25) is 0 Å².